The molecular formula is C15H25BrN2O. The normalized spacial score (nSPS) is 12.7. The number of aromatic nitrogens is 1. The van der Waals surface area contributed by atoms with Gasteiger partial charge in [-0.25, -0.2) is 4.98 Å². The molecule has 0 fully saturated rings. The quantitative estimate of drug-likeness (QED) is 0.778. The van der Waals surface area contributed by atoms with Crippen LogP contribution in [0.3, 0.4) is 0 Å². The van der Waals surface area contributed by atoms with Crippen LogP contribution in [0.5, 0.6) is 5.88 Å². The van der Waals surface area contributed by atoms with E-state index in [2.05, 4.69) is 60.0 Å². The SMILES string of the molecule is CCCC(C)Oc1ncc(Br)cc1CNCC(C)C. The Morgan fingerprint density at radius 3 is 2.74 bits per heavy atom. The van der Waals surface area contributed by atoms with Crippen LogP contribution in [0.1, 0.15) is 46.1 Å². The molecule has 1 heterocycles. The minimum absolute atomic E-state index is 0.211. The number of hydrogen-bond acceptors (Lipinski definition) is 3. The Kier molecular flexibility index (Phi) is 7.39. The largest absolute Gasteiger partial charge is 0.474 e. The Bertz CT molecular complexity index is 382. The maximum absolute atomic E-state index is 5.93. The van der Waals surface area contributed by atoms with Crippen LogP contribution in [-0.4, -0.2) is 17.6 Å². The summed E-state index contributed by atoms with van der Waals surface area (Å²) in [5.41, 5.74) is 1.11. The van der Waals surface area contributed by atoms with Crippen molar-refractivity contribution in [1.82, 2.24) is 10.3 Å². The highest BCUT2D eigenvalue weighted by atomic mass is 79.9. The third-order valence-corrected chi connectivity index (χ3v) is 3.20. The van der Waals surface area contributed by atoms with Crippen LogP contribution in [0, 0.1) is 5.92 Å². The van der Waals surface area contributed by atoms with Crippen LogP contribution in [0.4, 0.5) is 0 Å². The number of nitrogens with one attached hydrogen (secondary N) is 1. The molecule has 3 nitrogen and oxygen atoms in total. The minimum Gasteiger partial charge on any atom is -0.474 e. The first-order chi connectivity index (χ1) is 9.02. The molecule has 4 heteroatoms. The molecule has 1 aromatic rings. The topological polar surface area (TPSA) is 34.1 Å². The summed E-state index contributed by atoms with van der Waals surface area (Å²) in [4.78, 5) is 4.39. The van der Waals surface area contributed by atoms with Gasteiger partial charge in [-0.3, -0.25) is 0 Å². The third-order valence-electron chi connectivity index (χ3n) is 2.77. The molecule has 0 aliphatic rings. The summed E-state index contributed by atoms with van der Waals surface area (Å²) < 4.78 is 6.92. The lowest BCUT2D eigenvalue weighted by Crippen LogP contribution is -2.21. The van der Waals surface area contributed by atoms with Crippen molar-refractivity contribution in [3.05, 3.63) is 22.3 Å². The predicted molar refractivity (Wildman–Crippen MR) is 83.5 cm³/mol. The first-order valence-electron chi connectivity index (χ1n) is 7.04. The maximum Gasteiger partial charge on any atom is 0.218 e. The monoisotopic (exact) mass is 328 g/mol. The molecule has 0 saturated carbocycles. The molecule has 1 unspecified atom stereocenters. The maximum atomic E-state index is 5.93. The van der Waals surface area contributed by atoms with E-state index in [1.165, 1.54) is 0 Å². The highest BCUT2D eigenvalue weighted by Crippen LogP contribution is 2.21. The highest BCUT2D eigenvalue weighted by Gasteiger charge is 2.10. The zero-order valence-corrected chi connectivity index (χ0v) is 14.0. The van der Waals surface area contributed by atoms with E-state index in [-0.39, 0.29) is 6.10 Å². The van der Waals surface area contributed by atoms with Crippen LogP contribution in [0.15, 0.2) is 16.7 Å². The Morgan fingerprint density at radius 2 is 2.11 bits per heavy atom. The van der Waals surface area contributed by atoms with Gasteiger partial charge in [0, 0.05) is 22.8 Å². The molecule has 1 N–H and O–H groups in total. The van der Waals surface area contributed by atoms with E-state index in [4.69, 9.17) is 4.74 Å². The molecular weight excluding hydrogens is 304 g/mol. The summed E-state index contributed by atoms with van der Waals surface area (Å²) in [7, 11) is 0. The van der Waals surface area contributed by atoms with Crippen molar-refractivity contribution in [2.75, 3.05) is 6.54 Å². The van der Waals surface area contributed by atoms with E-state index in [1.54, 1.807) is 6.20 Å². The van der Waals surface area contributed by atoms with E-state index in [0.717, 1.165) is 41.8 Å². The van der Waals surface area contributed by atoms with Crippen molar-refractivity contribution >= 4 is 15.9 Å². The number of halogens is 1. The first-order valence-corrected chi connectivity index (χ1v) is 7.84. The second kappa shape index (κ2) is 8.54. The van der Waals surface area contributed by atoms with Crippen molar-refractivity contribution < 1.29 is 4.74 Å². The van der Waals surface area contributed by atoms with Gasteiger partial charge in [-0.2, -0.15) is 0 Å². The number of nitrogens with zero attached hydrogens (tertiary/aromatic N) is 1. The van der Waals surface area contributed by atoms with Gasteiger partial charge in [-0.05, 0) is 47.8 Å². The van der Waals surface area contributed by atoms with Crippen molar-refractivity contribution in [3.8, 4) is 5.88 Å². The van der Waals surface area contributed by atoms with Crippen molar-refractivity contribution in [2.45, 2.75) is 53.2 Å². The van der Waals surface area contributed by atoms with Gasteiger partial charge >= 0.3 is 0 Å². The van der Waals surface area contributed by atoms with E-state index in [1.807, 2.05) is 0 Å². The fourth-order valence-corrected chi connectivity index (χ4v) is 2.23. The number of ether oxygens (including phenoxy) is 1. The Balaban J connectivity index is 2.68. The average Bonchev–Trinajstić information content (AvgIpc) is 2.32. The number of rotatable bonds is 8. The average molecular weight is 329 g/mol. The molecule has 0 aromatic carbocycles. The van der Waals surface area contributed by atoms with E-state index in [0.29, 0.717) is 5.92 Å². The zero-order chi connectivity index (χ0) is 14.3. The highest BCUT2D eigenvalue weighted by molar-refractivity contribution is 9.10. The van der Waals surface area contributed by atoms with Crippen LogP contribution < -0.4 is 10.1 Å². The lowest BCUT2D eigenvalue weighted by Gasteiger charge is -2.16. The Hall–Kier alpha value is -0.610. The molecule has 19 heavy (non-hydrogen) atoms. The molecule has 0 amide bonds. The van der Waals surface area contributed by atoms with Crippen LogP contribution in [0.25, 0.3) is 0 Å². The van der Waals surface area contributed by atoms with Gasteiger partial charge in [0.1, 0.15) is 0 Å². The van der Waals surface area contributed by atoms with Crippen LogP contribution in [0.2, 0.25) is 0 Å². The fraction of sp³-hybridized carbons (Fsp3) is 0.667. The predicted octanol–water partition coefficient (Wildman–Crippen LogP) is 4.16. The van der Waals surface area contributed by atoms with Crippen LogP contribution in [-0.2, 0) is 6.54 Å². The van der Waals surface area contributed by atoms with Gasteiger partial charge in [0.25, 0.3) is 0 Å². The molecule has 0 aliphatic heterocycles. The minimum atomic E-state index is 0.211. The van der Waals surface area contributed by atoms with E-state index >= 15 is 0 Å². The molecule has 108 valence electrons. The smallest absolute Gasteiger partial charge is 0.218 e. The molecule has 1 aromatic heterocycles. The van der Waals surface area contributed by atoms with Crippen molar-refractivity contribution in [3.63, 3.8) is 0 Å². The lowest BCUT2D eigenvalue weighted by molar-refractivity contribution is 0.199. The molecule has 0 bridgehead atoms. The Morgan fingerprint density at radius 1 is 1.37 bits per heavy atom. The summed E-state index contributed by atoms with van der Waals surface area (Å²) in [6.45, 7) is 10.5. The van der Waals surface area contributed by atoms with Gasteiger partial charge in [-0.1, -0.05) is 27.2 Å². The molecule has 0 spiro atoms. The zero-order valence-electron chi connectivity index (χ0n) is 12.4. The van der Waals surface area contributed by atoms with Crippen molar-refractivity contribution in [2.24, 2.45) is 5.92 Å². The molecule has 0 aliphatic carbocycles. The van der Waals surface area contributed by atoms with Gasteiger partial charge in [0.05, 0.1) is 6.10 Å². The van der Waals surface area contributed by atoms with Crippen LogP contribution >= 0.6 is 15.9 Å². The molecule has 1 atom stereocenters. The number of hydrogen-bond donors (Lipinski definition) is 1. The summed E-state index contributed by atoms with van der Waals surface area (Å²) in [6, 6.07) is 2.08. The summed E-state index contributed by atoms with van der Waals surface area (Å²) in [5.74, 6) is 1.39. The number of pyridine rings is 1. The van der Waals surface area contributed by atoms with E-state index in [9.17, 15) is 0 Å². The second-order valence-electron chi connectivity index (χ2n) is 5.36. The third kappa shape index (κ3) is 6.39. The standard InChI is InChI=1S/C15H25BrN2O/c1-5-6-12(4)19-15-13(7-14(16)10-18-15)9-17-8-11(2)3/h7,10-12,17H,5-6,8-9H2,1-4H3. The van der Waals surface area contributed by atoms with Gasteiger partial charge in [-0.15, -0.1) is 0 Å². The summed E-state index contributed by atoms with van der Waals surface area (Å²) in [6.07, 6.45) is 4.18. The van der Waals surface area contributed by atoms with Gasteiger partial charge in [0.2, 0.25) is 5.88 Å². The molecule has 1 rings (SSSR count). The fourth-order valence-electron chi connectivity index (χ4n) is 1.85. The summed E-state index contributed by atoms with van der Waals surface area (Å²) in [5, 5.41) is 3.43. The molecule has 0 saturated heterocycles. The Labute approximate surface area is 125 Å². The van der Waals surface area contributed by atoms with Gasteiger partial charge < -0.3 is 10.1 Å². The molecule has 0 radical (unpaired) electrons. The first kappa shape index (κ1) is 16.4. The lowest BCUT2D eigenvalue weighted by atomic mass is 10.2. The van der Waals surface area contributed by atoms with Crippen molar-refractivity contribution in [1.29, 1.82) is 0 Å². The second-order valence-corrected chi connectivity index (χ2v) is 6.28. The van der Waals surface area contributed by atoms with E-state index < -0.39 is 0 Å². The van der Waals surface area contributed by atoms with Gasteiger partial charge in [0.15, 0.2) is 0 Å². The summed E-state index contributed by atoms with van der Waals surface area (Å²) >= 11 is 3.47.